The lowest BCUT2D eigenvalue weighted by atomic mass is 9.88. The minimum Gasteiger partial charge on any atom is -0.355 e. The maximum Gasteiger partial charge on any atom is 0.125 e. The minimum atomic E-state index is 0.579. The van der Waals surface area contributed by atoms with Gasteiger partial charge in [0.2, 0.25) is 0 Å². The zero-order valence-corrected chi connectivity index (χ0v) is 16.9. The fraction of sp³-hybridized carbons (Fsp3) is 0.333. The predicted octanol–water partition coefficient (Wildman–Crippen LogP) is 5.90. The zero-order valence-electron chi connectivity index (χ0n) is 15.2. The van der Waals surface area contributed by atoms with Crippen molar-refractivity contribution in [1.29, 1.82) is 0 Å². The Morgan fingerprint density at radius 2 is 2.19 bits per heavy atom. The predicted molar refractivity (Wildman–Crippen MR) is 117 cm³/mol. The van der Waals surface area contributed by atoms with E-state index in [4.69, 9.17) is 0 Å². The summed E-state index contributed by atoms with van der Waals surface area (Å²) < 4.78 is 1.22. The molecule has 0 aliphatic carbocycles. The van der Waals surface area contributed by atoms with Gasteiger partial charge in [-0.15, -0.1) is 22.7 Å². The second-order valence-corrected chi connectivity index (χ2v) is 9.05. The van der Waals surface area contributed by atoms with Crippen molar-refractivity contribution in [3.63, 3.8) is 0 Å². The average Bonchev–Trinajstić information content (AvgIpc) is 3.35. The number of anilines is 2. The molecule has 0 amide bonds. The van der Waals surface area contributed by atoms with Crippen LogP contribution in [0.25, 0.3) is 20.4 Å². The number of aromatic nitrogens is 2. The molecule has 4 aromatic rings. The molecule has 0 bridgehead atoms. The molecule has 4 heterocycles. The Bertz CT molecular complexity index is 1080. The molecule has 27 heavy (non-hydrogen) atoms. The van der Waals surface area contributed by atoms with Crippen LogP contribution in [0.3, 0.4) is 0 Å². The van der Waals surface area contributed by atoms with Crippen molar-refractivity contribution in [1.82, 2.24) is 15.3 Å². The van der Waals surface area contributed by atoms with E-state index in [1.807, 2.05) is 23.0 Å². The van der Waals surface area contributed by atoms with Crippen molar-refractivity contribution >= 4 is 54.5 Å². The van der Waals surface area contributed by atoms with E-state index in [2.05, 4.69) is 57.9 Å². The van der Waals surface area contributed by atoms with Crippen molar-refractivity contribution in [2.24, 2.45) is 0 Å². The smallest absolute Gasteiger partial charge is 0.125 e. The first-order valence-electron chi connectivity index (χ1n) is 9.54. The highest BCUT2D eigenvalue weighted by molar-refractivity contribution is 7.18. The molecular weight excluding hydrogens is 372 g/mol. The van der Waals surface area contributed by atoms with Crippen LogP contribution in [-0.2, 0) is 0 Å². The third kappa shape index (κ3) is 3.22. The third-order valence-electron chi connectivity index (χ3n) is 5.45. The Labute approximate surface area is 166 Å². The largest absolute Gasteiger partial charge is 0.355 e. The number of piperidine rings is 1. The fourth-order valence-electron chi connectivity index (χ4n) is 4.06. The lowest BCUT2D eigenvalue weighted by Crippen LogP contribution is -2.39. The van der Waals surface area contributed by atoms with Crippen LogP contribution < -0.4 is 10.6 Å². The molecule has 2 atom stereocenters. The molecular formula is C21H22N4S2. The van der Waals surface area contributed by atoms with Gasteiger partial charge in [0, 0.05) is 34.1 Å². The molecule has 3 aromatic heterocycles. The number of hydrogen-bond donors (Lipinski definition) is 2. The minimum absolute atomic E-state index is 0.579. The molecule has 1 aromatic carbocycles. The number of pyridine rings is 1. The third-order valence-corrected chi connectivity index (χ3v) is 7.44. The monoisotopic (exact) mass is 394 g/mol. The zero-order chi connectivity index (χ0) is 18.2. The Morgan fingerprint density at radius 1 is 1.22 bits per heavy atom. The first-order valence-corrected chi connectivity index (χ1v) is 11.2. The first-order chi connectivity index (χ1) is 13.3. The molecule has 1 aliphatic heterocycles. The summed E-state index contributed by atoms with van der Waals surface area (Å²) in [6, 6.07) is 11.4. The van der Waals surface area contributed by atoms with Gasteiger partial charge in [0.15, 0.2) is 0 Å². The molecule has 6 heteroatoms. The maximum absolute atomic E-state index is 4.64. The Hall–Kier alpha value is -2.02. The summed E-state index contributed by atoms with van der Waals surface area (Å²) in [7, 11) is 0. The van der Waals surface area contributed by atoms with E-state index in [0.29, 0.717) is 12.0 Å². The average molecular weight is 395 g/mol. The van der Waals surface area contributed by atoms with Gasteiger partial charge in [-0.2, -0.15) is 0 Å². The molecule has 0 spiro atoms. The highest BCUT2D eigenvalue weighted by Gasteiger charge is 2.26. The van der Waals surface area contributed by atoms with E-state index in [1.54, 1.807) is 11.3 Å². The summed E-state index contributed by atoms with van der Waals surface area (Å²) in [4.78, 5) is 11.6. The van der Waals surface area contributed by atoms with Crippen molar-refractivity contribution in [2.75, 3.05) is 11.9 Å². The van der Waals surface area contributed by atoms with Gasteiger partial charge in [-0.25, -0.2) is 9.97 Å². The summed E-state index contributed by atoms with van der Waals surface area (Å²) in [6.45, 7) is 3.42. The molecule has 2 N–H and O–H groups in total. The summed E-state index contributed by atoms with van der Waals surface area (Å²) >= 11 is 3.52. The van der Waals surface area contributed by atoms with Crippen molar-refractivity contribution in [3.8, 4) is 0 Å². The van der Waals surface area contributed by atoms with E-state index in [9.17, 15) is 0 Å². The van der Waals surface area contributed by atoms with E-state index < -0.39 is 0 Å². The van der Waals surface area contributed by atoms with Gasteiger partial charge in [-0.3, -0.25) is 0 Å². The number of thiophene rings is 1. The summed E-state index contributed by atoms with van der Waals surface area (Å²) in [5, 5.41) is 8.50. The lowest BCUT2D eigenvalue weighted by molar-refractivity contribution is 0.346. The number of benzene rings is 1. The quantitative estimate of drug-likeness (QED) is 0.453. The van der Waals surface area contributed by atoms with Crippen LogP contribution in [0.1, 0.15) is 37.0 Å². The number of rotatable bonds is 4. The van der Waals surface area contributed by atoms with Crippen LogP contribution in [0.4, 0.5) is 11.4 Å². The van der Waals surface area contributed by atoms with Gasteiger partial charge in [0.25, 0.3) is 0 Å². The van der Waals surface area contributed by atoms with Crippen LogP contribution in [0.15, 0.2) is 42.0 Å². The molecule has 0 radical (unpaired) electrons. The van der Waals surface area contributed by atoms with Crippen LogP contribution in [0.2, 0.25) is 0 Å². The van der Waals surface area contributed by atoms with Crippen molar-refractivity contribution < 1.29 is 0 Å². The number of nitrogens with zero attached hydrogens (tertiary/aromatic N) is 2. The lowest BCUT2D eigenvalue weighted by Gasteiger charge is -2.31. The number of fused-ring (bicyclic) bond motifs is 2. The van der Waals surface area contributed by atoms with Gasteiger partial charge in [0.1, 0.15) is 4.83 Å². The van der Waals surface area contributed by atoms with Gasteiger partial charge < -0.3 is 10.6 Å². The fourth-order valence-corrected chi connectivity index (χ4v) is 5.95. The molecule has 4 nitrogen and oxygen atoms in total. The second kappa shape index (κ2) is 7.19. The number of thiazole rings is 1. The van der Waals surface area contributed by atoms with Gasteiger partial charge in [-0.1, -0.05) is 6.92 Å². The molecule has 1 aliphatic rings. The van der Waals surface area contributed by atoms with Crippen LogP contribution in [0.5, 0.6) is 0 Å². The van der Waals surface area contributed by atoms with Crippen LogP contribution in [-0.4, -0.2) is 22.6 Å². The van der Waals surface area contributed by atoms with E-state index in [0.717, 1.165) is 28.3 Å². The van der Waals surface area contributed by atoms with Crippen LogP contribution in [0, 0.1) is 0 Å². The van der Waals surface area contributed by atoms with E-state index in [1.165, 1.54) is 34.2 Å². The molecule has 5 rings (SSSR count). The summed E-state index contributed by atoms with van der Waals surface area (Å²) in [5.41, 5.74) is 5.13. The van der Waals surface area contributed by atoms with Gasteiger partial charge in [-0.05, 0) is 56.1 Å². The van der Waals surface area contributed by atoms with Crippen molar-refractivity contribution in [3.05, 3.63) is 46.9 Å². The van der Waals surface area contributed by atoms with E-state index >= 15 is 0 Å². The van der Waals surface area contributed by atoms with Gasteiger partial charge in [0.05, 0.1) is 21.4 Å². The van der Waals surface area contributed by atoms with Gasteiger partial charge >= 0.3 is 0 Å². The second-order valence-electron chi connectivity index (χ2n) is 7.10. The highest BCUT2D eigenvalue weighted by atomic mass is 32.1. The van der Waals surface area contributed by atoms with E-state index in [-0.39, 0.29) is 0 Å². The SMILES string of the molecule is CC[C@H]1NCCC[C@H]1c1cc2c(Nc3ccc4scnc4c3)ccnc2s1. The number of nitrogens with one attached hydrogen (secondary N) is 2. The number of hydrogen-bond acceptors (Lipinski definition) is 6. The Balaban J connectivity index is 1.50. The molecule has 0 saturated carbocycles. The molecule has 138 valence electrons. The topological polar surface area (TPSA) is 49.8 Å². The molecule has 1 fully saturated rings. The maximum atomic E-state index is 4.64. The van der Waals surface area contributed by atoms with Crippen LogP contribution >= 0.6 is 22.7 Å². The molecule has 0 unspecified atom stereocenters. The normalized spacial score (nSPS) is 20.3. The van der Waals surface area contributed by atoms with Crippen molar-refractivity contribution in [2.45, 2.75) is 38.1 Å². The first kappa shape index (κ1) is 17.1. The highest BCUT2D eigenvalue weighted by Crippen LogP contribution is 2.39. The molecule has 1 saturated heterocycles. The standard InChI is InChI=1S/C21H22N4S2/c1-2-16-14(4-3-8-22-16)20-11-15-17(7-9-23-21(15)27-20)25-13-5-6-19-18(10-13)24-12-26-19/h5-7,9-12,14,16,22H,2-4,8H2,1H3,(H,23,25)/t14-,16-/m1/s1. The Kier molecular flexibility index (Phi) is 4.55. The summed E-state index contributed by atoms with van der Waals surface area (Å²) in [5.74, 6) is 0.599. The Morgan fingerprint density at radius 3 is 3.11 bits per heavy atom. The summed E-state index contributed by atoms with van der Waals surface area (Å²) in [6.07, 6.45) is 5.59.